The highest BCUT2D eigenvalue weighted by molar-refractivity contribution is 6.03. The lowest BCUT2D eigenvalue weighted by Gasteiger charge is -2.21. The van der Waals surface area contributed by atoms with Crippen LogP contribution < -0.4 is 21.3 Å². The van der Waals surface area contributed by atoms with Gasteiger partial charge in [-0.2, -0.15) is 0 Å². The Balaban J connectivity index is 1.38. The number of amides is 4. The van der Waals surface area contributed by atoms with E-state index in [4.69, 9.17) is 14.2 Å². The van der Waals surface area contributed by atoms with Crippen molar-refractivity contribution >= 4 is 35.8 Å². The smallest absolute Gasteiger partial charge is 0.407 e. The summed E-state index contributed by atoms with van der Waals surface area (Å²) in [6.45, 7) is 5.41. The minimum Gasteiger partial charge on any atom is -0.461 e. The van der Waals surface area contributed by atoms with Crippen LogP contribution in [0, 0.1) is 0 Å². The molecule has 13 nitrogen and oxygen atoms in total. The van der Waals surface area contributed by atoms with Gasteiger partial charge in [0.2, 0.25) is 23.8 Å². The minimum absolute atomic E-state index is 0.0809. The molecule has 242 valence electrons. The predicted octanol–water partition coefficient (Wildman–Crippen LogP) is 1.93. The second-order valence-corrected chi connectivity index (χ2v) is 10.5. The standard InChI is InChI=1S/C32H40N4O9/c1-5-19(3)44-30(40)29(31(41)45-20(4)6-2)36-28(39)17-34-26(37)15-33-27(38)16-35-32(42)43-18-25-23-13-9-7-11-21(23)22-12-8-10-14-24(22)25/h7-14,19-20,25,29H,5-6,15-18H2,1-4H3,(H,33,38)(H,34,37)(H,35,42)(H,36,39). The van der Waals surface area contributed by atoms with Crippen LogP contribution in [0.4, 0.5) is 4.79 Å². The number of esters is 2. The van der Waals surface area contributed by atoms with Gasteiger partial charge >= 0.3 is 18.0 Å². The maximum Gasteiger partial charge on any atom is 0.407 e. The van der Waals surface area contributed by atoms with Crippen LogP contribution in [0.15, 0.2) is 48.5 Å². The number of fused-ring (bicyclic) bond motifs is 3. The summed E-state index contributed by atoms with van der Waals surface area (Å²) < 4.78 is 15.7. The lowest BCUT2D eigenvalue weighted by Crippen LogP contribution is -2.52. The zero-order chi connectivity index (χ0) is 32.9. The van der Waals surface area contributed by atoms with Crippen LogP contribution in [0.1, 0.15) is 57.6 Å². The average molecular weight is 625 g/mol. The normalized spacial score (nSPS) is 13.6. The van der Waals surface area contributed by atoms with Gasteiger partial charge in [0.05, 0.1) is 25.3 Å². The summed E-state index contributed by atoms with van der Waals surface area (Å²) in [4.78, 5) is 73.9. The lowest BCUT2D eigenvalue weighted by atomic mass is 9.98. The molecule has 3 rings (SSSR count). The molecule has 13 heteroatoms. The van der Waals surface area contributed by atoms with E-state index < -0.39 is 73.6 Å². The van der Waals surface area contributed by atoms with Crippen LogP contribution in [0.2, 0.25) is 0 Å². The Morgan fingerprint density at radius 1 is 0.667 bits per heavy atom. The third kappa shape index (κ3) is 10.1. The van der Waals surface area contributed by atoms with Crippen LogP contribution in [0.5, 0.6) is 0 Å². The van der Waals surface area contributed by atoms with Crippen LogP contribution >= 0.6 is 0 Å². The number of alkyl carbamates (subject to hydrolysis) is 1. The zero-order valence-corrected chi connectivity index (χ0v) is 25.8. The second-order valence-electron chi connectivity index (χ2n) is 10.5. The van der Waals surface area contributed by atoms with E-state index >= 15 is 0 Å². The maximum atomic E-state index is 12.5. The molecule has 0 aromatic heterocycles. The third-order valence-corrected chi connectivity index (χ3v) is 7.19. The fourth-order valence-corrected chi connectivity index (χ4v) is 4.41. The highest BCUT2D eigenvalue weighted by atomic mass is 16.6. The Morgan fingerprint density at radius 3 is 1.60 bits per heavy atom. The Hall–Kier alpha value is -4.94. The van der Waals surface area contributed by atoms with Gasteiger partial charge in [-0.05, 0) is 48.9 Å². The molecule has 2 aromatic carbocycles. The van der Waals surface area contributed by atoms with E-state index in [1.807, 2.05) is 48.5 Å². The number of carbonyl (C=O) groups is 6. The van der Waals surface area contributed by atoms with Gasteiger partial charge < -0.3 is 35.5 Å². The maximum absolute atomic E-state index is 12.5. The SMILES string of the molecule is CCC(C)OC(=O)C(NC(=O)CNC(=O)CNC(=O)CNC(=O)OCC1c2ccccc2-c2ccccc21)C(=O)OC(C)CC. The van der Waals surface area contributed by atoms with Crippen molar-refractivity contribution in [3.8, 4) is 11.1 Å². The van der Waals surface area contributed by atoms with Gasteiger partial charge in [0, 0.05) is 5.92 Å². The van der Waals surface area contributed by atoms with Crippen LogP contribution in [-0.4, -0.2) is 80.2 Å². The Labute approximate surface area is 261 Å². The Kier molecular flexibility index (Phi) is 12.9. The number of carbonyl (C=O) groups excluding carboxylic acids is 6. The summed E-state index contributed by atoms with van der Waals surface area (Å²) in [5, 5.41) is 9.16. The molecule has 0 saturated carbocycles. The molecule has 0 aliphatic heterocycles. The van der Waals surface area contributed by atoms with Crippen molar-refractivity contribution in [1.29, 1.82) is 0 Å². The zero-order valence-electron chi connectivity index (χ0n) is 25.8. The van der Waals surface area contributed by atoms with Crippen molar-refractivity contribution < 1.29 is 43.0 Å². The molecule has 1 aliphatic rings. The molecular weight excluding hydrogens is 584 g/mol. The minimum atomic E-state index is -1.71. The first kappa shape index (κ1) is 34.5. The molecule has 4 amide bonds. The number of nitrogens with one attached hydrogen (secondary N) is 4. The third-order valence-electron chi connectivity index (χ3n) is 7.19. The first-order valence-electron chi connectivity index (χ1n) is 14.9. The fraction of sp³-hybridized carbons (Fsp3) is 0.438. The average Bonchev–Trinajstić information content (AvgIpc) is 3.36. The monoisotopic (exact) mass is 624 g/mol. The van der Waals surface area contributed by atoms with Crippen LogP contribution in [-0.2, 0) is 38.2 Å². The van der Waals surface area contributed by atoms with Gasteiger partial charge in [-0.1, -0.05) is 62.4 Å². The van der Waals surface area contributed by atoms with Gasteiger partial charge in [-0.3, -0.25) is 14.4 Å². The van der Waals surface area contributed by atoms with Gasteiger partial charge in [-0.15, -0.1) is 0 Å². The Bertz CT molecular complexity index is 1330. The summed E-state index contributed by atoms with van der Waals surface area (Å²) in [6, 6.07) is 14.1. The fourth-order valence-electron chi connectivity index (χ4n) is 4.41. The molecule has 0 saturated heterocycles. The molecule has 2 unspecified atom stereocenters. The number of hydrogen-bond donors (Lipinski definition) is 4. The molecule has 0 fully saturated rings. The van der Waals surface area contributed by atoms with Crippen molar-refractivity contribution in [1.82, 2.24) is 21.3 Å². The van der Waals surface area contributed by atoms with Crippen molar-refractivity contribution in [2.45, 2.75) is 64.7 Å². The molecule has 0 radical (unpaired) electrons. The topological polar surface area (TPSA) is 178 Å². The summed E-state index contributed by atoms with van der Waals surface area (Å²) in [7, 11) is 0. The van der Waals surface area contributed by atoms with E-state index in [1.54, 1.807) is 27.7 Å². The largest absolute Gasteiger partial charge is 0.461 e. The van der Waals surface area contributed by atoms with Gasteiger partial charge in [0.15, 0.2) is 0 Å². The van der Waals surface area contributed by atoms with Crippen LogP contribution in [0.3, 0.4) is 0 Å². The van der Waals surface area contributed by atoms with E-state index in [9.17, 15) is 28.8 Å². The molecule has 1 aliphatic carbocycles. The van der Waals surface area contributed by atoms with Gasteiger partial charge in [0.1, 0.15) is 13.2 Å². The van der Waals surface area contributed by atoms with Gasteiger partial charge in [-0.25, -0.2) is 14.4 Å². The summed E-state index contributed by atoms with van der Waals surface area (Å²) in [5.41, 5.74) is 4.28. The second kappa shape index (κ2) is 16.8. The number of benzene rings is 2. The summed E-state index contributed by atoms with van der Waals surface area (Å²) >= 11 is 0. The lowest BCUT2D eigenvalue weighted by molar-refractivity contribution is -0.165. The number of ether oxygens (including phenoxy) is 3. The molecule has 0 heterocycles. The molecule has 2 atom stereocenters. The summed E-state index contributed by atoms with van der Waals surface area (Å²) in [6.07, 6.45) is -0.780. The predicted molar refractivity (Wildman–Crippen MR) is 163 cm³/mol. The molecule has 45 heavy (non-hydrogen) atoms. The van der Waals surface area contributed by atoms with E-state index in [-0.39, 0.29) is 12.5 Å². The molecule has 0 spiro atoms. The van der Waals surface area contributed by atoms with Crippen molar-refractivity contribution in [3.63, 3.8) is 0 Å². The quantitative estimate of drug-likeness (QED) is 0.131. The van der Waals surface area contributed by atoms with E-state index in [2.05, 4.69) is 21.3 Å². The highest BCUT2D eigenvalue weighted by Gasteiger charge is 2.33. The van der Waals surface area contributed by atoms with Crippen LogP contribution in [0.25, 0.3) is 11.1 Å². The molecule has 0 bridgehead atoms. The first-order chi connectivity index (χ1) is 21.5. The first-order valence-corrected chi connectivity index (χ1v) is 14.9. The molecular formula is C32H40N4O9. The van der Waals surface area contributed by atoms with Crippen molar-refractivity contribution in [2.75, 3.05) is 26.2 Å². The van der Waals surface area contributed by atoms with Crippen molar-refractivity contribution in [3.05, 3.63) is 59.7 Å². The van der Waals surface area contributed by atoms with Gasteiger partial charge in [0.25, 0.3) is 0 Å². The molecule has 2 aromatic rings. The number of rotatable bonds is 15. The van der Waals surface area contributed by atoms with E-state index in [0.29, 0.717) is 12.8 Å². The Morgan fingerprint density at radius 2 is 1.11 bits per heavy atom. The van der Waals surface area contributed by atoms with Crippen molar-refractivity contribution in [2.24, 2.45) is 0 Å². The van der Waals surface area contributed by atoms with E-state index in [1.165, 1.54) is 0 Å². The highest BCUT2D eigenvalue weighted by Crippen LogP contribution is 2.44. The summed E-state index contributed by atoms with van der Waals surface area (Å²) in [5.74, 6) is -4.32. The van der Waals surface area contributed by atoms with E-state index in [0.717, 1.165) is 22.3 Å². The number of hydrogen-bond acceptors (Lipinski definition) is 9. The molecule has 4 N–H and O–H groups in total.